The van der Waals surface area contributed by atoms with E-state index < -0.39 is 0 Å². The van der Waals surface area contributed by atoms with Gasteiger partial charge in [0.1, 0.15) is 0 Å². The molecular weight excluding hydrogens is 344 g/mol. The second kappa shape index (κ2) is 7.96. The van der Waals surface area contributed by atoms with Crippen molar-refractivity contribution in [3.8, 4) is 0 Å². The topological polar surface area (TPSA) is 51.1 Å². The zero-order valence-corrected chi connectivity index (χ0v) is 15.2. The van der Waals surface area contributed by atoms with Gasteiger partial charge in [-0.15, -0.1) is 0 Å². The Hall–Kier alpha value is -1.63. The van der Waals surface area contributed by atoms with E-state index in [9.17, 15) is 0 Å². The maximum atomic E-state index is 5.92. The Balaban J connectivity index is 1.54. The van der Waals surface area contributed by atoms with Crippen LogP contribution in [0.3, 0.4) is 0 Å². The number of hydrogen-bond donors (Lipinski definition) is 2. The summed E-state index contributed by atoms with van der Waals surface area (Å²) in [5.74, 6) is 0.742. The number of hydrogen-bond acceptors (Lipinski definition) is 3. The molecule has 1 aromatic carbocycles. The molecule has 0 spiro atoms. The van der Waals surface area contributed by atoms with E-state index in [1.165, 1.54) is 0 Å². The van der Waals surface area contributed by atoms with Gasteiger partial charge < -0.3 is 15.4 Å². The molecule has 2 heterocycles. The van der Waals surface area contributed by atoms with Crippen molar-refractivity contribution in [2.24, 2.45) is 0 Å². The van der Waals surface area contributed by atoms with Gasteiger partial charge in [0.05, 0.1) is 12.6 Å². The molecule has 0 radical (unpaired) electrons. The Labute approximate surface area is 152 Å². The fourth-order valence-electron chi connectivity index (χ4n) is 2.67. The first-order valence-corrected chi connectivity index (χ1v) is 8.84. The number of anilines is 1. The Morgan fingerprint density at radius 1 is 1.42 bits per heavy atom. The molecule has 0 amide bonds. The molecule has 0 bridgehead atoms. The Morgan fingerprint density at radius 2 is 2.21 bits per heavy atom. The van der Waals surface area contributed by atoms with Crippen molar-refractivity contribution in [3.05, 3.63) is 46.6 Å². The lowest BCUT2D eigenvalue weighted by molar-refractivity contribution is 0.114. The lowest BCUT2D eigenvalue weighted by Crippen LogP contribution is -2.34. The predicted octanol–water partition coefficient (Wildman–Crippen LogP) is 3.36. The standard InChI is InChI=1S/C17H21ClN4OS/c1-12-9-16(20-17(24)19-10-15-3-2-8-23-15)21-22(12)11-13-4-6-14(18)7-5-13/h4-7,9,15H,2-3,8,10-11H2,1H3,(H2,19,20,21,24). The molecule has 1 aromatic heterocycles. The molecule has 1 unspecified atom stereocenters. The second-order valence-corrected chi connectivity index (χ2v) is 6.77. The second-order valence-electron chi connectivity index (χ2n) is 5.93. The zero-order valence-electron chi connectivity index (χ0n) is 13.6. The summed E-state index contributed by atoms with van der Waals surface area (Å²) < 4.78 is 7.51. The van der Waals surface area contributed by atoms with Crippen LogP contribution in [0.5, 0.6) is 0 Å². The largest absolute Gasteiger partial charge is 0.376 e. The van der Waals surface area contributed by atoms with Crippen LogP contribution in [0.4, 0.5) is 5.82 Å². The highest BCUT2D eigenvalue weighted by molar-refractivity contribution is 7.80. The van der Waals surface area contributed by atoms with Crippen LogP contribution in [-0.4, -0.2) is 34.1 Å². The smallest absolute Gasteiger partial charge is 0.172 e. The third-order valence-electron chi connectivity index (χ3n) is 3.98. The molecule has 2 aromatic rings. The summed E-state index contributed by atoms with van der Waals surface area (Å²) in [6, 6.07) is 9.77. The van der Waals surface area contributed by atoms with Crippen molar-refractivity contribution < 1.29 is 4.74 Å². The maximum Gasteiger partial charge on any atom is 0.172 e. The molecule has 5 nitrogen and oxygen atoms in total. The first-order chi connectivity index (χ1) is 11.6. The molecule has 0 saturated carbocycles. The quantitative estimate of drug-likeness (QED) is 0.797. The van der Waals surface area contributed by atoms with E-state index >= 15 is 0 Å². The number of nitrogens with one attached hydrogen (secondary N) is 2. The minimum absolute atomic E-state index is 0.258. The van der Waals surface area contributed by atoms with Crippen molar-refractivity contribution in [2.75, 3.05) is 18.5 Å². The number of aryl methyl sites for hydroxylation is 1. The van der Waals surface area contributed by atoms with Gasteiger partial charge in [-0.05, 0) is 49.7 Å². The fraction of sp³-hybridized carbons (Fsp3) is 0.412. The van der Waals surface area contributed by atoms with E-state index in [4.69, 9.17) is 28.6 Å². The Morgan fingerprint density at radius 3 is 2.92 bits per heavy atom. The average molecular weight is 365 g/mol. The SMILES string of the molecule is Cc1cc(NC(=S)NCC2CCCO2)nn1Cc1ccc(Cl)cc1. The number of thiocarbonyl (C=S) groups is 1. The summed E-state index contributed by atoms with van der Waals surface area (Å²) in [5, 5.41) is 12.2. The van der Waals surface area contributed by atoms with Gasteiger partial charge in [-0.3, -0.25) is 4.68 Å². The number of rotatable bonds is 5. The summed E-state index contributed by atoms with van der Waals surface area (Å²) in [4.78, 5) is 0. The van der Waals surface area contributed by atoms with Gasteiger partial charge >= 0.3 is 0 Å². The van der Waals surface area contributed by atoms with Gasteiger partial charge in [0.25, 0.3) is 0 Å². The van der Waals surface area contributed by atoms with Crippen molar-refractivity contribution >= 4 is 34.7 Å². The highest BCUT2D eigenvalue weighted by Crippen LogP contribution is 2.14. The highest BCUT2D eigenvalue weighted by Gasteiger charge is 2.15. The van der Waals surface area contributed by atoms with Crippen molar-refractivity contribution in [1.82, 2.24) is 15.1 Å². The summed E-state index contributed by atoms with van der Waals surface area (Å²) >= 11 is 11.2. The lowest BCUT2D eigenvalue weighted by Gasteiger charge is -2.12. The van der Waals surface area contributed by atoms with Crippen LogP contribution in [0, 0.1) is 6.92 Å². The minimum atomic E-state index is 0.258. The van der Waals surface area contributed by atoms with Gasteiger partial charge in [0.15, 0.2) is 10.9 Å². The first-order valence-electron chi connectivity index (χ1n) is 8.05. The maximum absolute atomic E-state index is 5.92. The summed E-state index contributed by atoms with van der Waals surface area (Å²) in [6.45, 7) is 4.30. The molecule has 7 heteroatoms. The molecule has 3 rings (SSSR count). The van der Waals surface area contributed by atoms with Gasteiger partial charge in [0.2, 0.25) is 0 Å². The monoisotopic (exact) mass is 364 g/mol. The third-order valence-corrected chi connectivity index (χ3v) is 4.48. The summed E-state index contributed by atoms with van der Waals surface area (Å²) in [5.41, 5.74) is 2.21. The van der Waals surface area contributed by atoms with Crippen LogP contribution in [-0.2, 0) is 11.3 Å². The summed E-state index contributed by atoms with van der Waals surface area (Å²) in [6.07, 6.45) is 2.47. The number of nitrogens with zero attached hydrogens (tertiary/aromatic N) is 2. The lowest BCUT2D eigenvalue weighted by atomic mass is 10.2. The Kier molecular flexibility index (Phi) is 5.71. The molecule has 1 saturated heterocycles. The Bertz CT molecular complexity index is 695. The van der Waals surface area contributed by atoms with Gasteiger partial charge in [0, 0.05) is 29.9 Å². The van der Waals surface area contributed by atoms with Crippen LogP contribution in [0.2, 0.25) is 5.02 Å². The van der Waals surface area contributed by atoms with Crippen LogP contribution < -0.4 is 10.6 Å². The van der Waals surface area contributed by atoms with Gasteiger partial charge in [-0.25, -0.2) is 0 Å². The molecule has 2 N–H and O–H groups in total. The molecule has 0 aliphatic carbocycles. The number of aromatic nitrogens is 2. The minimum Gasteiger partial charge on any atom is -0.376 e. The van der Waals surface area contributed by atoms with Crippen LogP contribution in [0.25, 0.3) is 0 Å². The highest BCUT2D eigenvalue weighted by atomic mass is 35.5. The molecule has 128 valence electrons. The summed E-state index contributed by atoms with van der Waals surface area (Å²) in [7, 11) is 0. The van der Waals surface area contributed by atoms with Gasteiger partial charge in [-0.2, -0.15) is 5.10 Å². The molecule has 1 aliphatic rings. The van der Waals surface area contributed by atoms with Crippen LogP contribution in [0.15, 0.2) is 30.3 Å². The van der Waals surface area contributed by atoms with E-state index in [-0.39, 0.29) is 6.10 Å². The molecule has 1 fully saturated rings. The molecular formula is C17H21ClN4OS. The fourth-order valence-corrected chi connectivity index (χ4v) is 2.98. The number of ether oxygens (including phenoxy) is 1. The first kappa shape index (κ1) is 17.2. The normalized spacial score (nSPS) is 17.0. The van der Waals surface area contributed by atoms with E-state index in [1.54, 1.807) is 0 Å². The van der Waals surface area contributed by atoms with Crippen molar-refractivity contribution in [2.45, 2.75) is 32.4 Å². The predicted molar refractivity (Wildman–Crippen MR) is 101 cm³/mol. The van der Waals surface area contributed by atoms with Crippen LogP contribution >= 0.6 is 23.8 Å². The van der Waals surface area contributed by atoms with Crippen LogP contribution in [0.1, 0.15) is 24.1 Å². The van der Waals surface area contributed by atoms with Gasteiger partial charge in [-0.1, -0.05) is 23.7 Å². The van der Waals surface area contributed by atoms with E-state index in [2.05, 4.69) is 15.7 Å². The number of halogens is 1. The van der Waals surface area contributed by atoms with E-state index in [0.29, 0.717) is 11.7 Å². The molecule has 1 atom stereocenters. The average Bonchev–Trinajstić information content (AvgIpc) is 3.18. The van der Waals surface area contributed by atoms with E-state index in [1.807, 2.05) is 41.9 Å². The number of benzene rings is 1. The van der Waals surface area contributed by atoms with Crippen molar-refractivity contribution in [3.63, 3.8) is 0 Å². The third kappa shape index (κ3) is 4.69. The zero-order chi connectivity index (χ0) is 16.9. The molecule has 24 heavy (non-hydrogen) atoms. The van der Waals surface area contributed by atoms with Crippen molar-refractivity contribution in [1.29, 1.82) is 0 Å². The molecule has 1 aliphatic heterocycles. The van der Waals surface area contributed by atoms with E-state index in [0.717, 1.165) is 48.1 Å².